The summed E-state index contributed by atoms with van der Waals surface area (Å²) in [6.45, 7) is 2.64. The Morgan fingerprint density at radius 2 is 1.87 bits per heavy atom. The molecule has 158 valence electrons. The van der Waals surface area contributed by atoms with Crippen LogP contribution in [0.1, 0.15) is 6.92 Å². The van der Waals surface area contributed by atoms with Crippen molar-refractivity contribution < 1.29 is 17.9 Å². The topological polar surface area (TPSA) is 92.7 Å². The summed E-state index contributed by atoms with van der Waals surface area (Å²) in [6, 6.07) is 11.8. The maximum Gasteiger partial charge on any atom is 0.263 e. The average Bonchev–Trinajstić information content (AvgIpc) is 3.22. The second-order valence-electron chi connectivity index (χ2n) is 6.83. The van der Waals surface area contributed by atoms with Gasteiger partial charge in [-0.15, -0.1) is 0 Å². The van der Waals surface area contributed by atoms with E-state index in [9.17, 15) is 13.2 Å². The zero-order valence-electron chi connectivity index (χ0n) is 16.1. The van der Waals surface area contributed by atoms with Gasteiger partial charge in [0.25, 0.3) is 5.91 Å². The zero-order chi connectivity index (χ0) is 21.3. The Morgan fingerprint density at radius 3 is 2.60 bits per heavy atom. The van der Waals surface area contributed by atoms with Crippen molar-refractivity contribution in [1.29, 1.82) is 0 Å². The van der Waals surface area contributed by atoms with Crippen molar-refractivity contribution in [1.82, 2.24) is 18.0 Å². The van der Waals surface area contributed by atoms with E-state index in [1.54, 1.807) is 48.2 Å². The first-order valence-corrected chi connectivity index (χ1v) is 11.8. The first-order valence-electron chi connectivity index (χ1n) is 9.29. The molecule has 1 fully saturated rings. The molecule has 2 heterocycles. The molecule has 0 aliphatic carbocycles. The van der Waals surface area contributed by atoms with E-state index in [0.717, 1.165) is 11.7 Å². The Labute approximate surface area is 183 Å². The molecule has 1 aliphatic rings. The molecule has 2 aromatic carbocycles. The lowest BCUT2D eigenvalue weighted by Gasteiger charge is -2.35. The van der Waals surface area contributed by atoms with E-state index in [4.69, 9.17) is 16.3 Å². The van der Waals surface area contributed by atoms with Crippen molar-refractivity contribution in [3.05, 3.63) is 47.5 Å². The van der Waals surface area contributed by atoms with E-state index in [0.29, 0.717) is 21.8 Å². The van der Waals surface area contributed by atoms with Crippen LogP contribution in [0.2, 0.25) is 5.02 Å². The second-order valence-corrected chi connectivity index (χ2v) is 9.71. The molecule has 0 saturated carbocycles. The smallest absolute Gasteiger partial charge is 0.263 e. The van der Waals surface area contributed by atoms with Gasteiger partial charge < -0.3 is 9.64 Å². The summed E-state index contributed by atoms with van der Waals surface area (Å²) in [4.78, 5) is 14.5. The number of hydrogen-bond donors (Lipinski definition) is 0. The predicted molar refractivity (Wildman–Crippen MR) is 114 cm³/mol. The molecule has 1 saturated heterocycles. The van der Waals surface area contributed by atoms with Crippen LogP contribution in [0.15, 0.2) is 47.4 Å². The summed E-state index contributed by atoms with van der Waals surface area (Å²) in [7, 11) is -3.73. The maximum atomic E-state index is 13.1. The van der Waals surface area contributed by atoms with Crippen molar-refractivity contribution in [3.8, 4) is 5.75 Å². The number of hydrogen-bond acceptors (Lipinski definition) is 7. The summed E-state index contributed by atoms with van der Waals surface area (Å²) in [5, 5.41) is 0.524. The minimum Gasteiger partial charge on any atom is -0.481 e. The van der Waals surface area contributed by atoms with Gasteiger partial charge in [0.05, 0.1) is 11.7 Å². The van der Waals surface area contributed by atoms with Gasteiger partial charge in [0.1, 0.15) is 21.7 Å². The lowest BCUT2D eigenvalue weighted by Crippen LogP contribution is -2.53. The van der Waals surface area contributed by atoms with Crippen molar-refractivity contribution in [3.63, 3.8) is 0 Å². The summed E-state index contributed by atoms with van der Waals surface area (Å²) in [6.07, 6.45) is -0.707. The molecular weight excluding hydrogens is 448 g/mol. The number of amides is 1. The Bertz CT molecular complexity index is 1180. The van der Waals surface area contributed by atoms with Crippen molar-refractivity contribution in [2.75, 3.05) is 26.2 Å². The van der Waals surface area contributed by atoms with Crippen LogP contribution in [0.4, 0.5) is 0 Å². The molecule has 1 aromatic heterocycles. The van der Waals surface area contributed by atoms with Gasteiger partial charge in [0.2, 0.25) is 10.0 Å². The molecule has 0 spiro atoms. The van der Waals surface area contributed by atoms with E-state index < -0.39 is 16.1 Å². The van der Waals surface area contributed by atoms with Crippen LogP contribution < -0.4 is 4.74 Å². The highest BCUT2D eigenvalue weighted by atomic mass is 35.5. The van der Waals surface area contributed by atoms with Gasteiger partial charge in [-0.2, -0.15) is 13.1 Å². The van der Waals surface area contributed by atoms with Crippen molar-refractivity contribution >= 4 is 50.3 Å². The lowest BCUT2D eigenvalue weighted by molar-refractivity contribution is -0.139. The first kappa shape index (κ1) is 21.0. The van der Waals surface area contributed by atoms with E-state index >= 15 is 0 Å². The van der Waals surface area contributed by atoms with Gasteiger partial charge in [0, 0.05) is 31.2 Å². The summed E-state index contributed by atoms with van der Waals surface area (Å²) >= 11 is 6.93. The Morgan fingerprint density at radius 1 is 1.13 bits per heavy atom. The molecule has 1 amide bonds. The number of benzene rings is 2. The van der Waals surface area contributed by atoms with Crippen LogP contribution in [-0.2, 0) is 14.8 Å². The average molecular weight is 467 g/mol. The fourth-order valence-corrected chi connectivity index (χ4v) is 5.68. The standard InChI is InChI=1S/C19H19ClN4O4S2/c1-13(28-15-5-2-4-14(20)12-15)19(25)23-8-10-24(11-9-23)30(26,27)17-7-3-6-16-18(17)22-29-21-16/h2-7,12-13H,8-11H2,1H3. The molecular formula is C19H19ClN4O4S2. The van der Waals surface area contributed by atoms with Crippen LogP contribution in [0.25, 0.3) is 11.0 Å². The molecule has 11 heteroatoms. The van der Waals surface area contributed by atoms with Crippen LogP contribution in [-0.4, -0.2) is 64.6 Å². The van der Waals surface area contributed by atoms with Gasteiger partial charge in [-0.05, 0) is 37.3 Å². The van der Waals surface area contributed by atoms with Crippen LogP contribution >= 0.6 is 23.3 Å². The number of halogens is 1. The van der Waals surface area contributed by atoms with Gasteiger partial charge in [0.15, 0.2) is 6.10 Å². The van der Waals surface area contributed by atoms with E-state index in [1.807, 2.05) is 0 Å². The molecule has 0 radical (unpaired) electrons. The number of ether oxygens (including phenoxy) is 1. The quantitative estimate of drug-likeness (QED) is 0.574. The summed E-state index contributed by atoms with van der Waals surface area (Å²) in [5.41, 5.74) is 0.937. The summed E-state index contributed by atoms with van der Waals surface area (Å²) < 4.78 is 41.5. The third-order valence-corrected chi connectivity index (χ3v) is 7.58. The first-order chi connectivity index (χ1) is 14.4. The molecule has 1 atom stereocenters. The number of rotatable bonds is 5. The van der Waals surface area contributed by atoms with Gasteiger partial charge in [-0.25, -0.2) is 8.42 Å². The highest BCUT2D eigenvalue weighted by Gasteiger charge is 2.33. The van der Waals surface area contributed by atoms with Gasteiger partial charge in [-0.3, -0.25) is 4.79 Å². The molecule has 1 aliphatic heterocycles. The van der Waals surface area contributed by atoms with Gasteiger partial charge >= 0.3 is 0 Å². The van der Waals surface area contributed by atoms with Crippen molar-refractivity contribution in [2.45, 2.75) is 17.9 Å². The highest BCUT2D eigenvalue weighted by Crippen LogP contribution is 2.25. The van der Waals surface area contributed by atoms with E-state index in [-0.39, 0.29) is 37.0 Å². The second kappa shape index (κ2) is 8.46. The monoisotopic (exact) mass is 466 g/mol. The molecule has 0 N–H and O–H groups in total. The number of carbonyl (C=O) groups is 1. The number of aromatic nitrogens is 2. The van der Waals surface area contributed by atoms with Crippen LogP contribution in [0, 0.1) is 0 Å². The number of nitrogens with zero attached hydrogens (tertiary/aromatic N) is 4. The third-order valence-electron chi connectivity index (χ3n) is 4.87. The highest BCUT2D eigenvalue weighted by molar-refractivity contribution is 7.89. The molecule has 4 rings (SSSR count). The lowest BCUT2D eigenvalue weighted by atomic mass is 10.2. The number of fused-ring (bicyclic) bond motifs is 1. The number of piperazine rings is 1. The third kappa shape index (κ3) is 4.13. The van der Waals surface area contributed by atoms with Crippen LogP contribution in [0.5, 0.6) is 5.75 Å². The van der Waals surface area contributed by atoms with Crippen molar-refractivity contribution in [2.24, 2.45) is 0 Å². The Kier molecular flexibility index (Phi) is 5.92. The minimum absolute atomic E-state index is 0.145. The minimum atomic E-state index is -3.73. The van der Waals surface area contributed by atoms with Crippen LogP contribution in [0.3, 0.4) is 0 Å². The number of carbonyl (C=O) groups excluding carboxylic acids is 1. The molecule has 8 nitrogen and oxygen atoms in total. The number of sulfonamides is 1. The Hall–Kier alpha value is -2.27. The largest absolute Gasteiger partial charge is 0.481 e. The SMILES string of the molecule is CC(Oc1cccc(Cl)c1)C(=O)N1CCN(S(=O)(=O)c2cccc3nsnc23)CC1. The molecule has 1 unspecified atom stereocenters. The summed E-state index contributed by atoms with van der Waals surface area (Å²) in [5.74, 6) is 0.312. The fourth-order valence-electron chi connectivity index (χ4n) is 3.33. The van der Waals surface area contributed by atoms with E-state index in [2.05, 4.69) is 8.75 Å². The molecule has 30 heavy (non-hydrogen) atoms. The zero-order valence-corrected chi connectivity index (χ0v) is 18.5. The maximum absolute atomic E-state index is 13.1. The van der Waals surface area contributed by atoms with E-state index in [1.165, 1.54) is 10.4 Å². The predicted octanol–water partition coefficient (Wildman–Crippen LogP) is 2.65. The molecule has 0 bridgehead atoms. The molecule has 3 aromatic rings. The fraction of sp³-hybridized carbons (Fsp3) is 0.316. The Balaban J connectivity index is 1.42. The van der Waals surface area contributed by atoms with Gasteiger partial charge in [-0.1, -0.05) is 23.7 Å². The normalized spacial score (nSPS) is 16.5.